The number of benzene rings is 1. The van der Waals surface area contributed by atoms with E-state index in [-0.39, 0.29) is 23.1 Å². The first-order valence-corrected chi connectivity index (χ1v) is 8.58. The summed E-state index contributed by atoms with van der Waals surface area (Å²) in [5.41, 5.74) is 0.414. The predicted molar refractivity (Wildman–Crippen MR) is 90.3 cm³/mol. The molecule has 0 radical (unpaired) electrons. The van der Waals surface area contributed by atoms with Gasteiger partial charge in [-0.15, -0.1) is 0 Å². The van der Waals surface area contributed by atoms with Crippen molar-refractivity contribution in [2.75, 3.05) is 11.9 Å². The molecule has 132 valence electrons. The van der Waals surface area contributed by atoms with Gasteiger partial charge in [0.2, 0.25) is 0 Å². The Morgan fingerprint density at radius 1 is 1.25 bits per heavy atom. The summed E-state index contributed by atoms with van der Waals surface area (Å²) in [4.78, 5) is 23.9. The lowest BCUT2D eigenvalue weighted by Gasteiger charge is -2.22. The number of phenols is 1. The standard InChI is InChI=1S/C18H25NO5/c1-2-3-11-23-17(21)13-9-10-16(20)15(12-13)19-18(22)24-14-7-5-4-6-8-14/h9-10,12,14,20H,2-8,11H2,1H3,(H,19,22). The molecule has 2 N–H and O–H groups in total. The fourth-order valence-electron chi connectivity index (χ4n) is 2.63. The maximum absolute atomic E-state index is 12.0. The molecule has 1 aromatic rings. The number of rotatable bonds is 6. The van der Waals surface area contributed by atoms with Gasteiger partial charge in [0, 0.05) is 0 Å². The molecule has 24 heavy (non-hydrogen) atoms. The molecule has 1 aliphatic carbocycles. The number of ether oxygens (including phenoxy) is 2. The van der Waals surface area contributed by atoms with Crippen molar-refractivity contribution in [2.45, 2.75) is 58.0 Å². The minimum absolute atomic E-state index is 0.0805. The summed E-state index contributed by atoms with van der Waals surface area (Å²) in [6, 6.07) is 4.21. The molecule has 0 aromatic heterocycles. The molecule has 0 unspecified atom stereocenters. The van der Waals surface area contributed by atoms with E-state index >= 15 is 0 Å². The van der Waals surface area contributed by atoms with E-state index in [2.05, 4.69) is 5.32 Å². The fraction of sp³-hybridized carbons (Fsp3) is 0.556. The summed E-state index contributed by atoms with van der Waals surface area (Å²) in [6.45, 7) is 2.36. The number of esters is 1. The van der Waals surface area contributed by atoms with Crippen molar-refractivity contribution in [3.63, 3.8) is 0 Å². The molecular formula is C18H25NO5. The molecule has 1 amide bonds. The Morgan fingerprint density at radius 3 is 2.71 bits per heavy atom. The molecule has 1 fully saturated rings. The minimum Gasteiger partial charge on any atom is -0.506 e. The second-order valence-corrected chi connectivity index (χ2v) is 6.01. The summed E-state index contributed by atoms with van der Waals surface area (Å²) in [7, 11) is 0. The molecule has 0 aliphatic heterocycles. The van der Waals surface area contributed by atoms with Gasteiger partial charge in [0.1, 0.15) is 11.9 Å². The van der Waals surface area contributed by atoms with Crippen LogP contribution in [0.15, 0.2) is 18.2 Å². The van der Waals surface area contributed by atoms with Gasteiger partial charge in [-0.25, -0.2) is 9.59 Å². The minimum atomic E-state index is -0.617. The lowest BCUT2D eigenvalue weighted by molar-refractivity contribution is 0.0499. The number of carbonyl (C=O) groups excluding carboxylic acids is 2. The van der Waals surface area contributed by atoms with Crippen LogP contribution in [-0.2, 0) is 9.47 Å². The third-order valence-corrected chi connectivity index (χ3v) is 4.03. The van der Waals surface area contributed by atoms with Crippen molar-refractivity contribution in [1.82, 2.24) is 0 Å². The highest BCUT2D eigenvalue weighted by atomic mass is 16.6. The monoisotopic (exact) mass is 335 g/mol. The molecule has 6 nitrogen and oxygen atoms in total. The van der Waals surface area contributed by atoms with Crippen molar-refractivity contribution < 1.29 is 24.2 Å². The van der Waals surface area contributed by atoms with Crippen LogP contribution in [0.4, 0.5) is 10.5 Å². The quantitative estimate of drug-likeness (QED) is 0.461. The van der Waals surface area contributed by atoms with Gasteiger partial charge in [-0.3, -0.25) is 5.32 Å². The van der Waals surface area contributed by atoms with E-state index in [1.54, 1.807) is 0 Å². The van der Waals surface area contributed by atoms with Crippen LogP contribution in [0.5, 0.6) is 5.75 Å². The first-order chi connectivity index (χ1) is 11.6. The SMILES string of the molecule is CCCCOC(=O)c1ccc(O)c(NC(=O)OC2CCCCC2)c1. The Balaban J connectivity index is 1.94. The maximum Gasteiger partial charge on any atom is 0.412 e. The zero-order valence-corrected chi connectivity index (χ0v) is 14.0. The van der Waals surface area contributed by atoms with Gasteiger partial charge in [-0.05, 0) is 50.3 Å². The topological polar surface area (TPSA) is 84.9 Å². The number of anilines is 1. The molecule has 0 saturated heterocycles. The van der Waals surface area contributed by atoms with Crippen molar-refractivity contribution >= 4 is 17.7 Å². The second kappa shape index (κ2) is 9.15. The molecule has 0 atom stereocenters. The lowest BCUT2D eigenvalue weighted by Crippen LogP contribution is -2.24. The maximum atomic E-state index is 12.0. The van der Waals surface area contributed by atoms with Gasteiger partial charge in [0.15, 0.2) is 0 Å². The molecule has 1 aliphatic rings. The predicted octanol–water partition coefficient (Wildman–Crippen LogP) is 4.23. The molecule has 2 rings (SSSR count). The van der Waals surface area contributed by atoms with Crippen LogP contribution in [0.25, 0.3) is 0 Å². The number of nitrogens with one attached hydrogen (secondary N) is 1. The van der Waals surface area contributed by atoms with Gasteiger partial charge >= 0.3 is 12.1 Å². The van der Waals surface area contributed by atoms with E-state index in [9.17, 15) is 14.7 Å². The lowest BCUT2D eigenvalue weighted by atomic mass is 9.98. The van der Waals surface area contributed by atoms with Crippen LogP contribution in [0.3, 0.4) is 0 Å². The van der Waals surface area contributed by atoms with Crippen LogP contribution >= 0.6 is 0 Å². The highest BCUT2D eigenvalue weighted by Gasteiger charge is 2.19. The molecule has 0 heterocycles. The van der Waals surface area contributed by atoms with E-state index in [4.69, 9.17) is 9.47 Å². The Kier molecular flexibility index (Phi) is 6.90. The van der Waals surface area contributed by atoms with Gasteiger partial charge in [-0.2, -0.15) is 0 Å². The van der Waals surface area contributed by atoms with Gasteiger partial charge in [-0.1, -0.05) is 19.8 Å². The number of amides is 1. The summed E-state index contributed by atoms with van der Waals surface area (Å²) in [6.07, 6.45) is 6.05. The van der Waals surface area contributed by atoms with Crippen molar-refractivity contribution in [3.8, 4) is 5.75 Å². The number of unbranched alkanes of at least 4 members (excludes halogenated alkanes) is 1. The van der Waals surface area contributed by atoms with Crippen molar-refractivity contribution in [1.29, 1.82) is 0 Å². The second-order valence-electron chi connectivity index (χ2n) is 6.01. The first-order valence-electron chi connectivity index (χ1n) is 8.58. The van der Waals surface area contributed by atoms with Crippen LogP contribution in [0, 0.1) is 0 Å². The number of hydrogen-bond acceptors (Lipinski definition) is 5. The summed E-state index contributed by atoms with van der Waals surface area (Å²) < 4.78 is 10.5. The van der Waals surface area contributed by atoms with Crippen LogP contribution in [-0.4, -0.2) is 29.9 Å². The average molecular weight is 335 g/mol. The fourth-order valence-corrected chi connectivity index (χ4v) is 2.63. The largest absolute Gasteiger partial charge is 0.506 e. The first kappa shape index (κ1) is 18.1. The average Bonchev–Trinajstić information content (AvgIpc) is 2.58. The summed E-state index contributed by atoms with van der Waals surface area (Å²) in [5.74, 6) is -0.604. The zero-order valence-electron chi connectivity index (χ0n) is 14.0. The molecule has 1 aromatic carbocycles. The molecule has 0 bridgehead atoms. The Labute approximate surface area is 142 Å². The highest BCUT2D eigenvalue weighted by Crippen LogP contribution is 2.26. The normalized spacial score (nSPS) is 14.9. The van der Waals surface area contributed by atoms with Crippen LogP contribution < -0.4 is 5.32 Å². The number of hydrogen-bond donors (Lipinski definition) is 2. The molecular weight excluding hydrogens is 310 g/mol. The smallest absolute Gasteiger partial charge is 0.412 e. The van der Waals surface area contributed by atoms with Gasteiger partial charge < -0.3 is 14.6 Å². The molecule has 0 spiro atoms. The van der Waals surface area contributed by atoms with E-state index in [1.807, 2.05) is 6.92 Å². The van der Waals surface area contributed by atoms with Crippen molar-refractivity contribution in [3.05, 3.63) is 23.8 Å². The van der Waals surface area contributed by atoms with Gasteiger partial charge in [0.25, 0.3) is 0 Å². The van der Waals surface area contributed by atoms with Crippen LogP contribution in [0.2, 0.25) is 0 Å². The number of phenolic OH excluding ortho intramolecular Hbond substituents is 1. The third kappa shape index (κ3) is 5.44. The van der Waals surface area contributed by atoms with E-state index in [0.717, 1.165) is 38.5 Å². The van der Waals surface area contributed by atoms with Crippen LogP contribution in [0.1, 0.15) is 62.2 Å². The molecule has 1 saturated carbocycles. The number of aromatic hydroxyl groups is 1. The van der Waals surface area contributed by atoms with E-state index < -0.39 is 12.1 Å². The third-order valence-electron chi connectivity index (χ3n) is 4.03. The Bertz CT molecular complexity index is 567. The van der Waals surface area contributed by atoms with E-state index in [1.165, 1.54) is 24.6 Å². The van der Waals surface area contributed by atoms with Gasteiger partial charge in [0.05, 0.1) is 17.9 Å². The zero-order chi connectivity index (χ0) is 17.4. The summed E-state index contributed by atoms with van der Waals surface area (Å²) >= 11 is 0. The number of carbonyl (C=O) groups is 2. The van der Waals surface area contributed by atoms with E-state index in [0.29, 0.717) is 6.61 Å². The highest BCUT2D eigenvalue weighted by molar-refractivity contribution is 5.94. The summed E-state index contributed by atoms with van der Waals surface area (Å²) in [5, 5.41) is 12.4. The van der Waals surface area contributed by atoms with Crippen molar-refractivity contribution in [2.24, 2.45) is 0 Å². The Morgan fingerprint density at radius 2 is 2.00 bits per heavy atom. The Hall–Kier alpha value is -2.24. The molecule has 6 heteroatoms.